The molecule has 2 fully saturated rings. The molecule has 68 heavy (non-hydrogen) atoms. The van der Waals surface area contributed by atoms with Crippen LogP contribution in [0.2, 0.25) is 0 Å². The van der Waals surface area contributed by atoms with Crippen molar-refractivity contribution in [1.82, 2.24) is 29.1 Å². The average molecular weight is 915 g/mol. The Morgan fingerprint density at radius 3 is 1.51 bits per heavy atom. The van der Waals surface area contributed by atoms with Crippen LogP contribution >= 0.6 is 0 Å². The smallest absolute Gasteiger partial charge is 0.412 e. The third-order valence-corrected chi connectivity index (χ3v) is 12.6. The summed E-state index contributed by atoms with van der Waals surface area (Å²) < 4.78 is 26.2. The second kappa shape index (κ2) is 20.6. The van der Waals surface area contributed by atoms with Crippen molar-refractivity contribution in [3.63, 3.8) is 0 Å². The molecule has 0 bridgehead atoms. The van der Waals surface area contributed by atoms with Crippen molar-refractivity contribution >= 4 is 57.3 Å². The van der Waals surface area contributed by atoms with E-state index in [4.69, 9.17) is 30.4 Å². The minimum Gasteiger partial charge on any atom is -0.495 e. The topological polar surface area (TPSA) is 209 Å². The van der Waals surface area contributed by atoms with Crippen LogP contribution in [-0.4, -0.2) is 55.5 Å². The van der Waals surface area contributed by atoms with E-state index in [9.17, 15) is 9.59 Å². The van der Waals surface area contributed by atoms with Gasteiger partial charge in [0.2, 0.25) is 0 Å². The Hall–Kier alpha value is -8.14. The number of aromatic nitrogens is 6. The monoisotopic (exact) mass is 914 g/mol. The van der Waals surface area contributed by atoms with E-state index < -0.39 is 12.2 Å². The molecule has 8 aromatic rings. The Bertz CT molecular complexity index is 3040. The van der Waals surface area contributed by atoms with Crippen LogP contribution in [0.3, 0.4) is 0 Å². The van der Waals surface area contributed by atoms with Crippen molar-refractivity contribution in [3.05, 3.63) is 133 Å². The van der Waals surface area contributed by atoms with Crippen molar-refractivity contribution in [2.75, 3.05) is 36.3 Å². The van der Waals surface area contributed by atoms with Crippen molar-refractivity contribution in [2.45, 2.75) is 76.7 Å². The SMILES string of the molecule is COc1cc(-c2cn(C3CCCC3)c3ncnc(N)c23)ccc1NC(=O)OCc1ccccc1.COc1ccc(-c2cn(C3CCCC3)c3ncnc(N)c23)cc1NC(=O)OCc1ccccc1. The molecule has 0 radical (unpaired) electrons. The van der Waals surface area contributed by atoms with E-state index in [1.54, 1.807) is 20.3 Å². The van der Waals surface area contributed by atoms with Crippen LogP contribution in [0.4, 0.5) is 32.6 Å². The summed E-state index contributed by atoms with van der Waals surface area (Å²) in [5, 5.41) is 7.23. The number of carbonyl (C=O) groups excluding carboxylic acids is 2. The van der Waals surface area contributed by atoms with Gasteiger partial charge in [0.25, 0.3) is 0 Å². The fourth-order valence-corrected chi connectivity index (χ4v) is 9.25. The largest absolute Gasteiger partial charge is 0.495 e. The molecule has 0 aliphatic heterocycles. The maximum absolute atomic E-state index is 12.5. The summed E-state index contributed by atoms with van der Waals surface area (Å²) >= 11 is 0. The van der Waals surface area contributed by atoms with Crippen LogP contribution in [0, 0.1) is 0 Å². The van der Waals surface area contributed by atoms with Crippen LogP contribution in [0.5, 0.6) is 11.5 Å². The molecule has 2 saturated carbocycles. The minimum absolute atomic E-state index is 0.178. The normalized spacial score (nSPS) is 13.8. The highest BCUT2D eigenvalue weighted by Crippen LogP contribution is 2.42. The van der Waals surface area contributed by atoms with E-state index in [1.165, 1.54) is 38.3 Å². The quantitative estimate of drug-likeness (QED) is 0.0902. The summed E-state index contributed by atoms with van der Waals surface area (Å²) in [6.45, 7) is 0.366. The summed E-state index contributed by atoms with van der Waals surface area (Å²) in [5.41, 5.74) is 20.8. The summed E-state index contributed by atoms with van der Waals surface area (Å²) in [5.74, 6) is 1.93. The fraction of sp³-hybridized carbons (Fsp3) is 0.269. The Balaban J connectivity index is 0.000000170. The first kappa shape index (κ1) is 45.0. The van der Waals surface area contributed by atoms with Gasteiger partial charge in [0.05, 0.1) is 36.4 Å². The number of nitrogens with two attached hydrogens (primary N) is 2. The molecular weight excluding hydrogens is 861 g/mol. The maximum atomic E-state index is 12.5. The summed E-state index contributed by atoms with van der Waals surface area (Å²) in [6, 6.07) is 31.1. The second-order valence-electron chi connectivity index (χ2n) is 16.9. The van der Waals surface area contributed by atoms with Gasteiger partial charge in [-0.05, 0) is 72.2 Å². The predicted octanol–water partition coefficient (Wildman–Crippen LogP) is 11.1. The summed E-state index contributed by atoms with van der Waals surface area (Å²) in [7, 11) is 3.13. The molecule has 348 valence electrons. The lowest BCUT2D eigenvalue weighted by molar-refractivity contribution is 0.154. The van der Waals surface area contributed by atoms with Crippen molar-refractivity contribution in [3.8, 4) is 33.8 Å². The fourth-order valence-electron chi connectivity index (χ4n) is 9.25. The molecule has 0 unspecified atom stereocenters. The number of rotatable bonds is 12. The van der Waals surface area contributed by atoms with E-state index in [-0.39, 0.29) is 13.2 Å². The number of ether oxygens (including phenoxy) is 4. The number of hydrogen-bond acceptors (Lipinski definition) is 12. The van der Waals surface area contributed by atoms with Crippen LogP contribution in [0.1, 0.15) is 74.6 Å². The Morgan fingerprint density at radius 1 is 0.574 bits per heavy atom. The zero-order chi connectivity index (χ0) is 47.0. The molecule has 10 rings (SSSR count). The molecule has 4 aromatic carbocycles. The Labute approximate surface area is 393 Å². The number of nitrogen functional groups attached to an aromatic ring is 2. The average Bonchev–Trinajstić information content (AvgIpc) is 4.22. The van der Waals surface area contributed by atoms with E-state index >= 15 is 0 Å². The van der Waals surface area contributed by atoms with Crippen LogP contribution in [0.25, 0.3) is 44.3 Å². The molecule has 4 aromatic heterocycles. The van der Waals surface area contributed by atoms with Crippen molar-refractivity contribution < 1.29 is 28.5 Å². The lowest BCUT2D eigenvalue weighted by Gasteiger charge is -2.13. The summed E-state index contributed by atoms with van der Waals surface area (Å²) in [4.78, 5) is 42.4. The van der Waals surface area contributed by atoms with Crippen LogP contribution < -0.4 is 31.6 Å². The van der Waals surface area contributed by atoms with Gasteiger partial charge in [0.15, 0.2) is 0 Å². The van der Waals surface area contributed by atoms with Gasteiger partial charge in [-0.25, -0.2) is 29.5 Å². The zero-order valence-corrected chi connectivity index (χ0v) is 38.1. The first-order valence-corrected chi connectivity index (χ1v) is 22.8. The lowest BCUT2D eigenvalue weighted by Crippen LogP contribution is -2.14. The molecule has 6 N–H and O–H groups in total. The zero-order valence-electron chi connectivity index (χ0n) is 38.1. The first-order chi connectivity index (χ1) is 33.3. The first-order valence-electron chi connectivity index (χ1n) is 22.8. The van der Waals surface area contributed by atoms with Gasteiger partial charge in [0.1, 0.15) is 60.3 Å². The van der Waals surface area contributed by atoms with Gasteiger partial charge >= 0.3 is 12.2 Å². The molecule has 0 atom stereocenters. The highest BCUT2D eigenvalue weighted by atomic mass is 16.6. The number of nitrogens with one attached hydrogen (secondary N) is 2. The lowest BCUT2D eigenvalue weighted by atomic mass is 10.0. The molecule has 16 nitrogen and oxygen atoms in total. The van der Waals surface area contributed by atoms with Crippen LogP contribution in [-0.2, 0) is 22.7 Å². The van der Waals surface area contributed by atoms with Gasteiger partial charge < -0.3 is 39.5 Å². The number of anilines is 4. The molecule has 16 heteroatoms. The number of benzene rings is 4. The minimum atomic E-state index is -0.560. The van der Waals surface area contributed by atoms with E-state index in [1.807, 2.05) is 91.0 Å². The van der Waals surface area contributed by atoms with E-state index in [0.29, 0.717) is 46.6 Å². The van der Waals surface area contributed by atoms with Gasteiger partial charge in [-0.3, -0.25) is 10.6 Å². The number of hydrogen-bond donors (Lipinski definition) is 4. The number of amides is 2. The third kappa shape index (κ3) is 9.84. The van der Waals surface area contributed by atoms with Gasteiger partial charge in [-0.2, -0.15) is 0 Å². The van der Waals surface area contributed by atoms with Gasteiger partial charge in [-0.1, -0.05) is 98.5 Å². The van der Waals surface area contributed by atoms with Crippen LogP contribution in [0.15, 0.2) is 122 Å². The summed E-state index contributed by atoms with van der Waals surface area (Å²) in [6.07, 6.45) is 15.5. The Morgan fingerprint density at radius 2 is 1.03 bits per heavy atom. The van der Waals surface area contributed by atoms with E-state index in [2.05, 4.69) is 52.1 Å². The maximum Gasteiger partial charge on any atom is 0.412 e. The highest BCUT2D eigenvalue weighted by Gasteiger charge is 2.25. The standard InChI is InChI=1S/2C26H27N5O3/c1-33-22-12-11-18(13-21(22)30-26(32)34-15-17-7-3-2-4-8-17)20-14-31(19-9-5-6-10-19)25-23(20)24(27)28-16-29-25;1-33-22-13-18(11-12-21(22)30-26(32)34-15-17-7-3-2-4-8-17)20-14-31(19-9-5-6-10-19)25-23(20)24(27)28-16-29-25/h2*2-4,7-8,11-14,16,19H,5-6,9-10,15H2,1H3,(H,30,32)(H2,27,28,29). The number of methoxy groups -OCH3 is 2. The molecule has 4 heterocycles. The number of carbonyl (C=O) groups is 2. The Kier molecular flexibility index (Phi) is 13.6. The molecular formula is C52H54N10O6. The second-order valence-corrected chi connectivity index (χ2v) is 16.9. The van der Waals surface area contributed by atoms with Gasteiger partial charge in [0, 0.05) is 35.6 Å². The van der Waals surface area contributed by atoms with Crippen molar-refractivity contribution in [2.24, 2.45) is 0 Å². The number of fused-ring (bicyclic) bond motifs is 2. The molecule has 2 amide bonds. The van der Waals surface area contributed by atoms with Crippen molar-refractivity contribution in [1.29, 1.82) is 0 Å². The molecule has 2 aliphatic rings. The third-order valence-electron chi connectivity index (χ3n) is 12.6. The molecule has 0 spiro atoms. The van der Waals surface area contributed by atoms with Gasteiger partial charge in [-0.15, -0.1) is 0 Å². The highest BCUT2D eigenvalue weighted by molar-refractivity contribution is 6.03. The predicted molar refractivity (Wildman–Crippen MR) is 263 cm³/mol. The molecule has 2 aliphatic carbocycles. The number of nitrogens with zero attached hydrogens (tertiary/aromatic N) is 6. The van der Waals surface area contributed by atoms with E-state index in [0.717, 1.165) is 81.1 Å². The molecule has 0 saturated heterocycles.